The number of aromatic nitrogens is 2. The molecule has 7 nitrogen and oxygen atoms in total. The second kappa shape index (κ2) is 8.13. The monoisotopic (exact) mass is 372 g/mol. The molecular formula is C15H18Cl2N4O3. The predicted molar refractivity (Wildman–Crippen MR) is 91.5 cm³/mol. The highest BCUT2D eigenvalue weighted by atomic mass is 35.5. The molecule has 0 amide bonds. The molecule has 2 aromatic rings. The minimum absolute atomic E-state index is 0.238. The van der Waals surface area contributed by atoms with E-state index in [2.05, 4.69) is 20.4 Å². The SMILES string of the molecule is OC(CNc1nc(-c2cc(Cl)cc(Cl)c2)no1)CN1CCOCC1. The molecule has 130 valence electrons. The van der Waals surface area contributed by atoms with Crippen molar-refractivity contribution in [3.05, 3.63) is 28.2 Å². The third-order valence-electron chi connectivity index (χ3n) is 3.61. The Bertz CT molecular complexity index is 656. The number of β-amino-alcohol motifs (C(OH)–C–C–N with tert-alkyl or cyclic N) is 1. The number of halogens is 2. The number of anilines is 1. The smallest absolute Gasteiger partial charge is 0.321 e. The Labute approximate surface area is 149 Å². The van der Waals surface area contributed by atoms with Crippen LogP contribution in [0.2, 0.25) is 10.0 Å². The highest BCUT2D eigenvalue weighted by Gasteiger charge is 2.16. The molecule has 1 aromatic carbocycles. The molecule has 1 unspecified atom stereocenters. The number of benzene rings is 1. The standard InChI is InChI=1S/C15H18Cl2N4O3/c16-11-5-10(6-12(17)7-11)14-19-15(24-20-14)18-8-13(22)9-21-1-3-23-4-2-21/h5-7,13,22H,1-4,8-9H2,(H,18,19,20). The molecule has 0 radical (unpaired) electrons. The molecule has 1 aromatic heterocycles. The van der Waals surface area contributed by atoms with Gasteiger partial charge in [-0.15, -0.1) is 0 Å². The van der Waals surface area contributed by atoms with Gasteiger partial charge in [-0.1, -0.05) is 28.4 Å². The van der Waals surface area contributed by atoms with Crippen LogP contribution in [-0.4, -0.2) is 65.6 Å². The van der Waals surface area contributed by atoms with Crippen molar-refractivity contribution in [1.82, 2.24) is 15.0 Å². The minimum atomic E-state index is -0.543. The summed E-state index contributed by atoms with van der Waals surface area (Å²) in [7, 11) is 0. The van der Waals surface area contributed by atoms with Crippen LogP contribution >= 0.6 is 23.2 Å². The van der Waals surface area contributed by atoms with Crippen LogP contribution in [-0.2, 0) is 4.74 Å². The van der Waals surface area contributed by atoms with Crippen LogP contribution in [0, 0.1) is 0 Å². The zero-order valence-corrected chi connectivity index (χ0v) is 14.4. The molecule has 1 saturated heterocycles. The molecule has 2 N–H and O–H groups in total. The normalized spacial score (nSPS) is 17.0. The first kappa shape index (κ1) is 17.4. The van der Waals surface area contributed by atoms with Crippen molar-refractivity contribution >= 4 is 29.2 Å². The summed E-state index contributed by atoms with van der Waals surface area (Å²) in [6, 6.07) is 5.28. The molecule has 1 fully saturated rings. The van der Waals surface area contributed by atoms with Gasteiger partial charge in [0.15, 0.2) is 0 Å². The number of hydrogen-bond acceptors (Lipinski definition) is 7. The van der Waals surface area contributed by atoms with Crippen molar-refractivity contribution in [1.29, 1.82) is 0 Å². The van der Waals surface area contributed by atoms with E-state index in [1.165, 1.54) is 0 Å². The average molecular weight is 373 g/mol. The van der Waals surface area contributed by atoms with Crippen LogP contribution in [0.1, 0.15) is 0 Å². The first-order chi connectivity index (χ1) is 11.6. The number of rotatable bonds is 6. The van der Waals surface area contributed by atoms with Gasteiger partial charge in [-0.25, -0.2) is 0 Å². The summed E-state index contributed by atoms with van der Waals surface area (Å²) in [6.07, 6.45) is -0.543. The zero-order chi connectivity index (χ0) is 16.9. The van der Waals surface area contributed by atoms with Crippen molar-refractivity contribution in [2.75, 3.05) is 44.7 Å². The van der Waals surface area contributed by atoms with Gasteiger partial charge in [0.25, 0.3) is 0 Å². The molecule has 9 heteroatoms. The van der Waals surface area contributed by atoms with E-state index in [1.54, 1.807) is 18.2 Å². The summed E-state index contributed by atoms with van der Waals surface area (Å²) in [5, 5.41) is 17.9. The van der Waals surface area contributed by atoms with Gasteiger partial charge in [0.05, 0.1) is 19.3 Å². The first-order valence-electron chi connectivity index (χ1n) is 7.62. The molecule has 1 aliphatic rings. The summed E-state index contributed by atoms with van der Waals surface area (Å²) < 4.78 is 10.4. The number of aliphatic hydroxyl groups excluding tert-OH is 1. The van der Waals surface area contributed by atoms with Gasteiger partial charge in [0.2, 0.25) is 5.82 Å². The van der Waals surface area contributed by atoms with E-state index in [0.29, 0.717) is 47.7 Å². The summed E-state index contributed by atoms with van der Waals surface area (Å²) in [6.45, 7) is 3.95. The van der Waals surface area contributed by atoms with Crippen LogP contribution in [0.5, 0.6) is 0 Å². The number of aliphatic hydroxyl groups is 1. The third kappa shape index (κ3) is 4.81. The van der Waals surface area contributed by atoms with Gasteiger partial charge in [-0.2, -0.15) is 4.98 Å². The minimum Gasteiger partial charge on any atom is -0.390 e. The fourth-order valence-electron chi connectivity index (χ4n) is 2.45. The van der Waals surface area contributed by atoms with E-state index in [0.717, 1.165) is 13.1 Å². The number of nitrogens with one attached hydrogen (secondary N) is 1. The Morgan fingerprint density at radius 3 is 2.62 bits per heavy atom. The largest absolute Gasteiger partial charge is 0.390 e. The van der Waals surface area contributed by atoms with Gasteiger partial charge in [-0.3, -0.25) is 4.90 Å². The molecule has 1 atom stereocenters. The van der Waals surface area contributed by atoms with Crippen molar-refractivity contribution < 1.29 is 14.4 Å². The lowest BCUT2D eigenvalue weighted by atomic mass is 10.2. The van der Waals surface area contributed by atoms with Gasteiger partial charge in [0, 0.05) is 41.8 Å². The average Bonchev–Trinajstić information content (AvgIpc) is 3.02. The van der Waals surface area contributed by atoms with Gasteiger partial charge >= 0.3 is 6.01 Å². The van der Waals surface area contributed by atoms with E-state index in [-0.39, 0.29) is 6.01 Å². The van der Waals surface area contributed by atoms with E-state index < -0.39 is 6.10 Å². The van der Waals surface area contributed by atoms with E-state index >= 15 is 0 Å². The van der Waals surface area contributed by atoms with Crippen molar-refractivity contribution in [2.45, 2.75) is 6.10 Å². The van der Waals surface area contributed by atoms with Crippen LogP contribution in [0.3, 0.4) is 0 Å². The molecule has 0 saturated carbocycles. The van der Waals surface area contributed by atoms with Gasteiger partial charge in [0.1, 0.15) is 0 Å². The molecule has 2 heterocycles. The lowest BCUT2D eigenvalue weighted by molar-refractivity contribution is 0.0170. The Balaban J connectivity index is 1.54. The van der Waals surface area contributed by atoms with Crippen LogP contribution in [0.15, 0.2) is 22.7 Å². The molecule has 1 aliphatic heterocycles. The van der Waals surface area contributed by atoms with Crippen molar-refractivity contribution in [2.24, 2.45) is 0 Å². The van der Waals surface area contributed by atoms with Crippen LogP contribution < -0.4 is 5.32 Å². The van der Waals surface area contributed by atoms with Crippen molar-refractivity contribution in [3.63, 3.8) is 0 Å². The molecular weight excluding hydrogens is 355 g/mol. The lowest BCUT2D eigenvalue weighted by Crippen LogP contribution is -2.42. The fourth-order valence-corrected chi connectivity index (χ4v) is 2.97. The second-order valence-corrected chi connectivity index (χ2v) is 6.40. The Kier molecular flexibility index (Phi) is 5.91. The third-order valence-corrected chi connectivity index (χ3v) is 4.04. The maximum atomic E-state index is 10.1. The molecule has 24 heavy (non-hydrogen) atoms. The molecule has 0 spiro atoms. The second-order valence-electron chi connectivity index (χ2n) is 5.53. The summed E-state index contributed by atoms with van der Waals surface area (Å²) in [5.74, 6) is 0.379. The Morgan fingerprint density at radius 1 is 1.21 bits per heavy atom. The van der Waals surface area contributed by atoms with E-state index in [1.807, 2.05) is 0 Å². The number of ether oxygens (including phenoxy) is 1. The lowest BCUT2D eigenvalue weighted by Gasteiger charge is -2.28. The Morgan fingerprint density at radius 2 is 1.92 bits per heavy atom. The van der Waals surface area contributed by atoms with Gasteiger partial charge < -0.3 is 19.7 Å². The first-order valence-corrected chi connectivity index (χ1v) is 8.38. The molecule has 3 rings (SSSR count). The summed E-state index contributed by atoms with van der Waals surface area (Å²) in [5.41, 5.74) is 0.665. The van der Waals surface area contributed by atoms with Crippen molar-refractivity contribution in [3.8, 4) is 11.4 Å². The predicted octanol–water partition coefficient (Wildman–Crippen LogP) is 2.15. The molecule has 0 bridgehead atoms. The zero-order valence-electron chi connectivity index (χ0n) is 12.9. The van der Waals surface area contributed by atoms with Gasteiger partial charge in [-0.05, 0) is 18.2 Å². The number of hydrogen-bond donors (Lipinski definition) is 2. The number of nitrogens with zero attached hydrogens (tertiary/aromatic N) is 3. The van der Waals surface area contributed by atoms with E-state index in [9.17, 15) is 5.11 Å². The summed E-state index contributed by atoms with van der Waals surface area (Å²) >= 11 is 11.9. The van der Waals surface area contributed by atoms with Crippen LogP contribution in [0.4, 0.5) is 6.01 Å². The quantitative estimate of drug-likeness (QED) is 0.803. The highest BCUT2D eigenvalue weighted by Crippen LogP contribution is 2.26. The molecule has 0 aliphatic carbocycles. The fraction of sp³-hybridized carbons (Fsp3) is 0.467. The Hall–Kier alpha value is -1.38. The maximum absolute atomic E-state index is 10.1. The van der Waals surface area contributed by atoms with Crippen LogP contribution in [0.25, 0.3) is 11.4 Å². The maximum Gasteiger partial charge on any atom is 0.321 e. The summed E-state index contributed by atoms with van der Waals surface area (Å²) in [4.78, 5) is 6.39. The topological polar surface area (TPSA) is 83.7 Å². The number of morpholine rings is 1. The van der Waals surface area contributed by atoms with E-state index in [4.69, 9.17) is 32.5 Å². The highest BCUT2D eigenvalue weighted by molar-refractivity contribution is 6.35.